The lowest BCUT2D eigenvalue weighted by molar-refractivity contribution is 0.686. The minimum atomic E-state index is 0.842. The molecule has 0 saturated heterocycles. The Kier molecular flexibility index (Phi) is 4.92. The maximum absolute atomic E-state index is 5.87. The molecule has 0 spiro atoms. The molecule has 0 unspecified atom stereocenters. The van der Waals surface area contributed by atoms with Crippen molar-refractivity contribution in [3.8, 4) is 0 Å². The van der Waals surface area contributed by atoms with E-state index in [4.69, 9.17) is 11.6 Å². The van der Waals surface area contributed by atoms with Crippen LogP contribution in [0.4, 0.5) is 0 Å². The average Bonchev–Trinajstić information content (AvgIpc) is 2.13. The number of hydrogen-bond donors (Lipinski definition) is 0. The quantitative estimate of drug-likeness (QED) is 0.616. The SMILES string of the molecule is [CH2]CCCCCc1cccc(Cl)c1. The summed E-state index contributed by atoms with van der Waals surface area (Å²) in [5, 5.41) is 0.842. The molecule has 13 heavy (non-hydrogen) atoms. The Morgan fingerprint density at radius 3 is 2.69 bits per heavy atom. The van der Waals surface area contributed by atoms with Crippen LogP contribution >= 0.6 is 11.6 Å². The normalized spacial score (nSPS) is 10.3. The van der Waals surface area contributed by atoms with Gasteiger partial charge in [-0.3, -0.25) is 0 Å². The van der Waals surface area contributed by atoms with Crippen LogP contribution in [0.2, 0.25) is 5.02 Å². The van der Waals surface area contributed by atoms with Gasteiger partial charge >= 0.3 is 0 Å². The van der Waals surface area contributed by atoms with Crippen LogP contribution in [0.3, 0.4) is 0 Å². The Morgan fingerprint density at radius 2 is 2.00 bits per heavy atom. The highest BCUT2D eigenvalue weighted by Gasteiger charge is 1.93. The van der Waals surface area contributed by atoms with Crippen molar-refractivity contribution in [1.29, 1.82) is 0 Å². The van der Waals surface area contributed by atoms with E-state index < -0.39 is 0 Å². The molecule has 0 aliphatic heterocycles. The Hall–Kier alpha value is -0.490. The predicted octanol–water partition coefficient (Wildman–Crippen LogP) is 4.28. The first-order valence-electron chi connectivity index (χ1n) is 4.86. The fourth-order valence-electron chi connectivity index (χ4n) is 1.38. The molecule has 0 aromatic heterocycles. The molecule has 1 aromatic rings. The van der Waals surface area contributed by atoms with Crippen molar-refractivity contribution in [3.63, 3.8) is 0 Å². The van der Waals surface area contributed by atoms with E-state index in [0.717, 1.165) is 17.9 Å². The number of unbranched alkanes of at least 4 members (excludes halogenated alkanes) is 3. The van der Waals surface area contributed by atoms with Gasteiger partial charge in [0.05, 0.1) is 0 Å². The van der Waals surface area contributed by atoms with Crippen molar-refractivity contribution >= 4 is 11.6 Å². The average molecular weight is 196 g/mol. The molecule has 0 bridgehead atoms. The topological polar surface area (TPSA) is 0 Å². The molecule has 1 radical (unpaired) electrons. The first-order valence-corrected chi connectivity index (χ1v) is 5.24. The third-order valence-electron chi connectivity index (χ3n) is 2.10. The first-order chi connectivity index (χ1) is 6.33. The van der Waals surface area contributed by atoms with Gasteiger partial charge in [0.25, 0.3) is 0 Å². The number of aryl methyl sites for hydroxylation is 1. The Balaban J connectivity index is 2.28. The summed E-state index contributed by atoms with van der Waals surface area (Å²) < 4.78 is 0. The van der Waals surface area contributed by atoms with Crippen molar-refractivity contribution in [3.05, 3.63) is 41.8 Å². The van der Waals surface area contributed by atoms with Crippen LogP contribution in [-0.2, 0) is 6.42 Å². The van der Waals surface area contributed by atoms with Gasteiger partial charge in [-0.2, -0.15) is 0 Å². The third-order valence-corrected chi connectivity index (χ3v) is 2.34. The monoisotopic (exact) mass is 195 g/mol. The lowest BCUT2D eigenvalue weighted by Gasteiger charge is -2.01. The van der Waals surface area contributed by atoms with E-state index in [2.05, 4.69) is 13.0 Å². The molecule has 71 valence electrons. The molecule has 0 aliphatic carbocycles. The van der Waals surface area contributed by atoms with Crippen LogP contribution in [0.15, 0.2) is 24.3 Å². The molecule has 0 N–H and O–H groups in total. The lowest BCUT2D eigenvalue weighted by Crippen LogP contribution is -1.85. The van der Waals surface area contributed by atoms with Crippen LogP contribution < -0.4 is 0 Å². The number of benzene rings is 1. The highest BCUT2D eigenvalue weighted by Crippen LogP contribution is 2.13. The van der Waals surface area contributed by atoms with Gasteiger partial charge in [0.1, 0.15) is 0 Å². The zero-order valence-corrected chi connectivity index (χ0v) is 8.69. The summed E-state index contributed by atoms with van der Waals surface area (Å²) in [5.41, 5.74) is 1.34. The van der Waals surface area contributed by atoms with E-state index in [9.17, 15) is 0 Å². The molecular formula is C12H16Cl. The number of hydrogen-bond acceptors (Lipinski definition) is 0. The second-order valence-electron chi connectivity index (χ2n) is 3.29. The van der Waals surface area contributed by atoms with Crippen LogP contribution in [0.25, 0.3) is 0 Å². The maximum atomic E-state index is 5.87. The van der Waals surface area contributed by atoms with E-state index in [0.29, 0.717) is 0 Å². The van der Waals surface area contributed by atoms with Crippen molar-refractivity contribution < 1.29 is 0 Å². The van der Waals surface area contributed by atoms with Gasteiger partial charge < -0.3 is 0 Å². The van der Waals surface area contributed by atoms with Gasteiger partial charge in [-0.25, -0.2) is 0 Å². The van der Waals surface area contributed by atoms with E-state index in [1.54, 1.807) is 0 Å². The second-order valence-corrected chi connectivity index (χ2v) is 3.73. The van der Waals surface area contributed by atoms with Crippen molar-refractivity contribution in [2.75, 3.05) is 0 Å². The Labute approximate surface area is 85.9 Å². The van der Waals surface area contributed by atoms with Crippen molar-refractivity contribution in [2.24, 2.45) is 0 Å². The summed E-state index contributed by atoms with van der Waals surface area (Å²) in [6.45, 7) is 3.82. The van der Waals surface area contributed by atoms with Crippen LogP contribution in [0.1, 0.15) is 31.2 Å². The number of halogens is 1. The highest BCUT2D eigenvalue weighted by atomic mass is 35.5. The minimum absolute atomic E-state index is 0.842. The smallest absolute Gasteiger partial charge is 0.0408 e. The van der Waals surface area contributed by atoms with E-state index in [1.807, 2.05) is 18.2 Å². The first kappa shape index (κ1) is 10.6. The molecule has 0 atom stereocenters. The Bertz CT molecular complexity index is 243. The van der Waals surface area contributed by atoms with Gasteiger partial charge in [0.15, 0.2) is 0 Å². The molecule has 0 saturated carbocycles. The minimum Gasteiger partial charge on any atom is -0.0843 e. The third kappa shape index (κ3) is 4.33. The van der Waals surface area contributed by atoms with E-state index in [1.165, 1.54) is 24.8 Å². The summed E-state index contributed by atoms with van der Waals surface area (Å²) in [6.07, 6.45) is 5.95. The van der Waals surface area contributed by atoms with E-state index >= 15 is 0 Å². The van der Waals surface area contributed by atoms with Crippen LogP contribution in [0.5, 0.6) is 0 Å². The lowest BCUT2D eigenvalue weighted by atomic mass is 10.1. The molecule has 0 fully saturated rings. The fraction of sp³-hybridized carbons (Fsp3) is 0.417. The molecule has 1 heteroatoms. The van der Waals surface area contributed by atoms with Gasteiger partial charge in [-0.15, -0.1) is 0 Å². The standard InChI is InChI=1S/C12H16Cl/c1-2-3-4-5-7-11-8-6-9-12(13)10-11/h6,8-10H,1-5,7H2. The molecule has 1 rings (SSSR count). The summed E-state index contributed by atoms with van der Waals surface area (Å²) in [4.78, 5) is 0. The number of rotatable bonds is 5. The summed E-state index contributed by atoms with van der Waals surface area (Å²) in [6, 6.07) is 8.11. The molecule has 0 nitrogen and oxygen atoms in total. The fourth-order valence-corrected chi connectivity index (χ4v) is 1.59. The Morgan fingerprint density at radius 1 is 1.15 bits per heavy atom. The van der Waals surface area contributed by atoms with Crippen LogP contribution in [-0.4, -0.2) is 0 Å². The van der Waals surface area contributed by atoms with Crippen molar-refractivity contribution in [1.82, 2.24) is 0 Å². The highest BCUT2D eigenvalue weighted by molar-refractivity contribution is 6.30. The van der Waals surface area contributed by atoms with Crippen LogP contribution in [0, 0.1) is 6.92 Å². The largest absolute Gasteiger partial charge is 0.0843 e. The zero-order valence-electron chi connectivity index (χ0n) is 7.93. The molecule has 0 aliphatic rings. The summed E-state index contributed by atoms with van der Waals surface area (Å²) >= 11 is 5.87. The zero-order chi connectivity index (χ0) is 9.52. The van der Waals surface area contributed by atoms with Gasteiger partial charge in [0.2, 0.25) is 0 Å². The van der Waals surface area contributed by atoms with Crippen molar-refractivity contribution in [2.45, 2.75) is 32.1 Å². The predicted molar refractivity (Wildman–Crippen MR) is 59.0 cm³/mol. The molecule has 0 heterocycles. The summed E-state index contributed by atoms with van der Waals surface area (Å²) in [5.74, 6) is 0. The van der Waals surface area contributed by atoms with Gasteiger partial charge in [-0.1, -0.05) is 49.9 Å². The van der Waals surface area contributed by atoms with Gasteiger partial charge in [0, 0.05) is 5.02 Å². The maximum Gasteiger partial charge on any atom is 0.0408 e. The molecular weight excluding hydrogens is 180 g/mol. The second kappa shape index (κ2) is 6.04. The summed E-state index contributed by atoms with van der Waals surface area (Å²) in [7, 11) is 0. The van der Waals surface area contributed by atoms with Gasteiger partial charge in [-0.05, 0) is 30.5 Å². The molecule has 1 aromatic carbocycles. The molecule has 0 amide bonds. The van der Waals surface area contributed by atoms with E-state index in [-0.39, 0.29) is 0 Å².